The molecule has 2 aromatic rings. The summed E-state index contributed by atoms with van der Waals surface area (Å²) in [7, 11) is 0. The number of benzene rings is 1. The molecule has 2 rings (SSSR count). The van der Waals surface area contributed by atoms with Crippen LogP contribution in [-0.4, -0.2) is 9.36 Å². The highest BCUT2D eigenvalue weighted by Gasteiger charge is 2.02. The molecule has 0 aliphatic heterocycles. The van der Waals surface area contributed by atoms with Gasteiger partial charge in [-0.05, 0) is 40.8 Å². The predicted molar refractivity (Wildman–Crippen MR) is 59.2 cm³/mol. The highest BCUT2D eigenvalue weighted by Crippen LogP contribution is 2.16. The van der Waals surface area contributed by atoms with E-state index in [1.54, 1.807) is 0 Å². The van der Waals surface area contributed by atoms with Gasteiger partial charge in [0, 0.05) is 11.4 Å². The zero-order chi connectivity index (χ0) is 9.97. The van der Waals surface area contributed by atoms with Crippen LogP contribution in [0.5, 0.6) is 0 Å². The zero-order valence-electron chi connectivity index (χ0n) is 7.08. The third-order valence-electron chi connectivity index (χ3n) is 1.71. The lowest BCUT2D eigenvalue weighted by atomic mass is 10.2. The Kier molecular flexibility index (Phi) is 3.01. The smallest absolute Gasteiger partial charge is 0.209 e. The van der Waals surface area contributed by atoms with Crippen LogP contribution in [0.2, 0.25) is 10.3 Å². The van der Waals surface area contributed by atoms with Crippen molar-refractivity contribution in [3.8, 4) is 0 Å². The van der Waals surface area contributed by atoms with Crippen molar-refractivity contribution in [2.45, 2.75) is 6.42 Å². The molecular weight excluding hydrogens is 239 g/mol. The van der Waals surface area contributed by atoms with E-state index in [1.165, 1.54) is 11.5 Å². The molecule has 14 heavy (non-hydrogen) atoms. The molecule has 0 aliphatic rings. The highest BCUT2D eigenvalue weighted by atomic mass is 35.5. The Morgan fingerprint density at radius 2 is 1.86 bits per heavy atom. The summed E-state index contributed by atoms with van der Waals surface area (Å²) in [6.07, 6.45) is 0.752. The van der Waals surface area contributed by atoms with E-state index < -0.39 is 0 Å². The number of rotatable bonds is 2. The van der Waals surface area contributed by atoms with Crippen LogP contribution >= 0.6 is 34.7 Å². The van der Waals surface area contributed by atoms with Gasteiger partial charge in [-0.25, -0.2) is 4.98 Å². The first-order chi connectivity index (χ1) is 6.74. The van der Waals surface area contributed by atoms with Crippen LogP contribution in [0.25, 0.3) is 0 Å². The Morgan fingerprint density at radius 1 is 1.14 bits per heavy atom. The molecule has 5 heteroatoms. The van der Waals surface area contributed by atoms with Crippen molar-refractivity contribution in [2.24, 2.45) is 0 Å². The van der Waals surface area contributed by atoms with Gasteiger partial charge in [0.1, 0.15) is 5.01 Å². The maximum absolute atomic E-state index is 5.77. The Balaban J connectivity index is 2.15. The third kappa shape index (κ3) is 2.44. The van der Waals surface area contributed by atoms with Gasteiger partial charge in [0.15, 0.2) is 0 Å². The molecule has 1 aromatic carbocycles. The van der Waals surface area contributed by atoms with Crippen molar-refractivity contribution >= 4 is 34.7 Å². The van der Waals surface area contributed by atoms with E-state index >= 15 is 0 Å². The van der Waals surface area contributed by atoms with E-state index in [2.05, 4.69) is 9.36 Å². The van der Waals surface area contributed by atoms with Crippen LogP contribution in [0.15, 0.2) is 24.3 Å². The molecule has 0 saturated heterocycles. The summed E-state index contributed by atoms with van der Waals surface area (Å²) in [5, 5.41) is 1.97. The minimum atomic E-state index is 0.318. The minimum Gasteiger partial charge on any atom is -0.209 e. The second-order valence-corrected chi connectivity index (χ2v) is 4.37. The van der Waals surface area contributed by atoms with Crippen LogP contribution < -0.4 is 0 Å². The standard InChI is InChI=1S/C9H6Cl2N2S/c10-7-3-1-6(2-4-7)5-8-12-9(11)13-14-8/h1-4H,5H2. The molecule has 0 bridgehead atoms. The summed E-state index contributed by atoms with van der Waals surface area (Å²) in [6, 6.07) is 7.66. The molecule has 0 N–H and O–H groups in total. The van der Waals surface area contributed by atoms with Crippen molar-refractivity contribution < 1.29 is 0 Å². The fourth-order valence-electron chi connectivity index (χ4n) is 1.08. The predicted octanol–water partition coefficient (Wildman–Crippen LogP) is 3.44. The Hall–Kier alpha value is -0.640. The third-order valence-corrected chi connectivity index (χ3v) is 2.94. The van der Waals surface area contributed by atoms with E-state index in [-0.39, 0.29) is 0 Å². The van der Waals surface area contributed by atoms with Gasteiger partial charge in [0.25, 0.3) is 0 Å². The van der Waals surface area contributed by atoms with E-state index in [0.717, 1.165) is 22.0 Å². The maximum Gasteiger partial charge on any atom is 0.234 e. The van der Waals surface area contributed by atoms with Gasteiger partial charge in [-0.15, -0.1) is 0 Å². The second-order valence-electron chi connectivity index (χ2n) is 2.76. The van der Waals surface area contributed by atoms with E-state index in [4.69, 9.17) is 23.2 Å². The van der Waals surface area contributed by atoms with Crippen LogP contribution in [0.4, 0.5) is 0 Å². The lowest BCUT2D eigenvalue weighted by Gasteiger charge is -1.96. The van der Waals surface area contributed by atoms with Gasteiger partial charge in [-0.3, -0.25) is 0 Å². The van der Waals surface area contributed by atoms with Crippen LogP contribution in [0, 0.1) is 0 Å². The molecular formula is C9H6Cl2N2S. The van der Waals surface area contributed by atoms with Crippen LogP contribution in [-0.2, 0) is 6.42 Å². The lowest BCUT2D eigenvalue weighted by molar-refractivity contribution is 1.13. The lowest BCUT2D eigenvalue weighted by Crippen LogP contribution is -1.85. The zero-order valence-corrected chi connectivity index (χ0v) is 9.40. The summed E-state index contributed by atoms with van der Waals surface area (Å²) in [5.74, 6) is 0. The maximum atomic E-state index is 5.77. The van der Waals surface area contributed by atoms with Crippen LogP contribution in [0.3, 0.4) is 0 Å². The molecule has 0 spiro atoms. The topological polar surface area (TPSA) is 25.8 Å². The van der Waals surface area contributed by atoms with Crippen molar-refractivity contribution in [2.75, 3.05) is 0 Å². The highest BCUT2D eigenvalue weighted by molar-refractivity contribution is 7.05. The van der Waals surface area contributed by atoms with E-state index in [1.807, 2.05) is 24.3 Å². The molecule has 1 aromatic heterocycles. The van der Waals surface area contributed by atoms with Gasteiger partial charge in [-0.2, -0.15) is 4.37 Å². The molecule has 0 fully saturated rings. The fourth-order valence-corrected chi connectivity index (χ4v) is 2.04. The number of aromatic nitrogens is 2. The van der Waals surface area contributed by atoms with E-state index in [0.29, 0.717) is 5.28 Å². The average molecular weight is 245 g/mol. The van der Waals surface area contributed by atoms with Crippen LogP contribution in [0.1, 0.15) is 10.6 Å². The average Bonchev–Trinajstić information content (AvgIpc) is 2.56. The molecule has 0 atom stereocenters. The Bertz CT molecular complexity index is 425. The van der Waals surface area contributed by atoms with Gasteiger partial charge in [0.2, 0.25) is 5.28 Å². The molecule has 0 amide bonds. The van der Waals surface area contributed by atoms with Crippen molar-refractivity contribution in [1.29, 1.82) is 0 Å². The molecule has 0 unspecified atom stereocenters. The first-order valence-corrected chi connectivity index (χ1v) is 5.49. The molecule has 0 radical (unpaired) electrons. The summed E-state index contributed by atoms with van der Waals surface area (Å²) < 4.78 is 3.90. The SMILES string of the molecule is Clc1ccc(Cc2nc(Cl)ns2)cc1. The fraction of sp³-hybridized carbons (Fsp3) is 0.111. The summed E-state index contributed by atoms with van der Waals surface area (Å²) in [4.78, 5) is 4.07. The summed E-state index contributed by atoms with van der Waals surface area (Å²) >= 11 is 12.7. The first kappa shape index (κ1) is 9.90. The quantitative estimate of drug-likeness (QED) is 0.809. The van der Waals surface area contributed by atoms with Gasteiger partial charge in [-0.1, -0.05) is 23.7 Å². The molecule has 1 heterocycles. The largest absolute Gasteiger partial charge is 0.234 e. The van der Waals surface area contributed by atoms with Crippen molar-refractivity contribution in [3.63, 3.8) is 0 Å². The number of nitrogens with zero attached hydrogens (tertiary/aromatic N) is 2. The van der Waals surface area contributed by atoms with Crippen molar-refractivity contribution in [3.05, 3.63) is 45.1 Å². The normalized spacial score (nSPS) is 10.4. The molecule has 2 nitrogen and oxygen atoms in total. The molecule has 0 aliphatic carbocycles. The van der Waals surface area contributed by atoms with E-state index in [9.17, 15) is 0 Å². The van der Waals surface area contributed by atoms with Gasteiger partial charge in [0.05, 0.1) is 0 Å². The summed E-state index contributed by atoms with van der Waals surface area (Å²) in [5.41, 5.74) is 1.15. The molecule has 72 valence electrons. The number of halogens is 2. The summed E-state index contributed by atoms with van der Waals surface area (Å²) in [6.45, 7) is 0. The van der Waals surface area contributed by atoms with Gasteiger partial charge < -0.3 is 0 Å². The minimum absolute atomic E-state index is 0.318. The molecule has 0 saturated carbocycles. The second kappa shape index (κ2) is 4.26. The number of hydrogen-bond acceptors (Lipinski definition) is 3. The monoisotopic (exact) mass is 244 g/mol. The Labute approximate surface area is 95.7 Å². The number of hydrogen-bond donors (Lipinski definition) is 0. The van der Waals surface area contributed by atoms with Gasteiger partial charge >= 0.3 is 0 Å². The van der Waals surface area contributed by atoms with Crippen molar-refractivity contribution in [1.82, 2.24) is 9.36 Å². The first-order valence-electron chi connectivity index (χ1n) is 3.96. The Morgan fingerprint density at radius 3 is 2.43 bits per heavy atom.